The summed E-state index contributed by atoms with van der Waals surface area (Å²) in [6.07, 6.45) is 4.47. The fraction of sp³-hybridized carbons (Fsp3) is 0.462. The van der Waals surface area contributed by atoms with Crippen LogP contribution < -0.4 is 21.1 Å². The van der Waals surface area contributed by atoms with Crippen molar-refractivity contribution in [2.24, 2.45) is 17.6 Å². The Morgan fingerprint density at radius 2 is 2.07 bits per heavy atom. The van der Waals surface area contributed by atoms with Crippen molar-refractivity contribution in [3.63, 3.8) is 0 Å². The van der Waals surface area contributed by atoms with Gasteiger partial charge in [0.2, 0.25) is 0 Å². The first kappa shape index (κ1) is 21.0. The first-order valence-corrected chi connectivity index (χ1v) is 11.2. The van der Waals surface area contributed by atoms with E-state index in [9.17, 15) is 0 Å². The number of anilines is 1. The molecular weight excluding hydrogens is 370 g/mol. The van der Waals surface area contributed by atoms with E-state index in [1.54, 1.807) is 0 Å². The minimum atomic E-state index is -0.0651. The average molecular weight is 406 g/mol. The molecule has 30 heavy (non-hydrogen) atoms. The van der Waals surface area contributed by atoms with Crippen molar-refractivity contribution in [3.05, 3.63) is 71.9 Å². The molecule has 1 saturated heterocycles. The van der Waals surface area contributed by atoms with Crippen LogP contribution in [0, 0.1) is 11.8 Å². The first-order valence-electron chi connectivity index (χ1n) is 11.2. The Morgan fingerprint density at radius 1 is 1.23 bits per heavy atom. The van der Waals surface area contributed by atoms with Gasteiger partial charge in [-0.3, -0.25) is 0 Å². The molecule has 0 radical (unpaired) electrons. The largest absolute Gasteiger partial charge is 0.485 e. The molecule has 0 aromatic heterocycles. The maximum absolute atomic E-state index is 6.68. The van der Waals surface area contributed by atoms with E-state index >= 15 is 0 Å². The molecule has 3 unspecified atom stereocenters. The molecule has 1 heterocycles. The Balaban J connectivity index is 1.50. The van der Waals surface area contributed by atoms with E-state index in [4.69, 9.17) is 10.5 Å². The monoisotopic (exact) mass is 405 g/mol. The highest BCUT2D eigenvalue weighted by molar-refractivity contribution is 5.51. The molecule has 4 heteroatoms. The summed E-state index contributed by atoms with van der Waals surface area (Å²) < 4.78 is 6.61. The Bertz CT molecular complexity index is 895. The van der Waals surface area contributed by atoms with E-state index in [2.05, 4.69) is 54.5 Å². The van der Waals surface area contributed by atoms with Crippen LogP contribution >= 0.6 is 0 Å². The van der Waals surface area contributed by atoms with Crippen LogP contribution in [-0.2, 0) is 6.42 Å². The number of fused-ring (bicyclic) bond motifs is 1. The minimum absolute atomic E-state index is 0.0651. The van der Waals surface area contributed by atoms with E-state index in [1.807, 2.05) is 25.1 Å². The molecule has 0 saturated carbocycles. The van der Waals surface area contributed by atoms with Gasteiger partial charge in [-0.15, -0.1) is 0 Å². The van der Waals surface area contributed by atoms with Crippen molar-refractivity contribution in [1.29, 1.82) is 0 Å². The smallest absolute Gasteiger partial charge is 0.127 e. The van der Waals surface area contributed by atoms with E-state index in [0.29, 0.717) is 11.8 Å². The Hall–Kier alpha value is -2.30. The quantitative estimate of drug-likeness (QED) is 0.576. The predicted octanol–water partition coefficient (Wildman–Crippen LogP) is 5.03. The van der Waals surface area contributed by atoms with Crippen molar-refractivity contribution in [1.82, 2.24) is 5.32 Å². The minimum Gasteiger partial charge on any atom is -0.485 e. The van der Waals surface area contributed by atoms with Gasteiger partial charge < -0.3 is 21.1 Å². The van der Waals surface area contributed by atoms with Crippen LogP contribution in [0.5, 0.6) is 5.75 Å². The van der Waals surface area contributed by atoms with Gasteiger partial charge in [0.25, 0.3) is 0 Å². The van der Waals surface area contributed by atoms with Crippen molar-refractivity contribution in [3.8, 4) is 5.75 Å². The Morgan fingerprint density at radius 3 is 2.87 bits per heavy atom. The molecule has 160 valence electrons. The van der Waals surface area contributed by atoms with Gasteiger partial charge in [0, 0.05) is 35.5 Å². The number of benzene rings is 2. The third kappa shape index (κ3) is 4.40. The zero-order chi connectivity index (χ0) is 21.1. The summed E-state index contributed by atoms with van der Waals surface area (Å²) in [5, 5.41) is 6.79. The van der Waals surface area contributed by atoms with Crippen LogP contribution in [-0.4, -0.2) is 18.6 Å². The lowest BCUT2D eigenvalue weighted by atomic mass is 9.80. The van der Waals surface area contributed by atoms with Crippen molar-refractivity contribution in [2.75, 3.05) is 18.4 Å². The van der Waals surface area contributed by atoms with Gasteiger partial charge in [0.05, 0.1) is 0 Å². The van der Waals surface area contributed by atoms with E-state index < -0.39 is 0 Å². The van der Waals surface area contributed by atoms with Crippen molar-refractivity contribution >= 4 is 5.69 Å². The zero-order valence-corrected chi connectivity index (χ0v) is 18.3. The van der Waals surface area contributed by atoms with Crippen molar-refractivity contribution < 1.29 is 4.74 Å². The number of nitrogens with two attached hydrogens (primary N) is 1. The van der Waals surface area contributed by atoms with Crippen LogP contribution in [0.25, 0.3) is 0 Å². The summed E-state index contributed by atoms with van der Waals surface area (Å²) in [6.45, 7) is 10.1. The number of hydrogen-bond donors (Lipinski definition) is 3. The average Bonchev–Trinajstić information content (AvgIpc) is 3.27. The number of allylic oxidation sites excluding steroid dienone is 1. The van der Waals surface area contributed by atoms with Gasteiger partial charge in [-0.1, -0.05) is 43.8 Å². The second kappa shape index (κ2) is 8.83. The van der Waals surface area contributed by atoms with Crippen LogP contribution in [0.1, 0.15) is 50.3 Å². The molecule has 1 aliphatic carbocycles. The molecule has 1 fully saturated rings. The number of nitrogens with one attached hydrogen (secondary N) is 2. The molecule has 2 aromatic carbocycles. The summed E-state index contributed by atoms with van der Waals surface area (Å²) in [4.78, 5) is 0. The zero-order valence-electron chi connectivity index (χ0n) is 18.3. The van der Waals surface area contributed by atoms with E-state index in [-0.39, 0.29) is 11.6 Å². The molecule has 2 aromatic rings. The van der Waals surface area contributed by atoms with Crippen LogP contribution in [0.3, 0.4) is 0 Å². The van der Waals surface area contributed by atoms with Crippen LogP contribution in [0.4, 0.5) is 5.69 Å². The highest BCUT2D eigenvalue weighted by Gasteiger charge is 2.40. The Kier molecular flexibility index (Phi) is 6.16. The van der Waals surface area contributed by atoms with Gasteiger partial charge in [-0.2, -0.15) is 0 Å². The van der Waals surface area contributed by atoms with Gasteiger partial charge in [-0.05, 0) is 68.3 Å². The molecule has 2 aliphatic rings. The van der Waals surface area contributed by atoms with Gasteiger partial charge >= 0.3 is 0 Å². The molecule has 0 spiro atoms. The fourth-order valence-corrected chi connectivity index (χ4v) is 5.14. The molecule has 1 aliphatic heterocycles. The SMILES string of the molecule is C=C(C)Nc1cccc(OC2c3ccccc3C[C@H]2CCC2CNCC2(N)CC)c1. The van der Waals surface area contributed by atoms with E-state index in [0.717, 1.165) is 55.9 Å². The lowest BCUT2D eigenvalue weighted by Gasteiger charge is -2.31. The highest BCUT2D eigenvalue weighted by atomic mass is 16.5. The van der Waals surface area contributed by atoms with Gasteiger partial charge in [0.1, 0.15) is 11.9 Å². The van der Waals surface area contributed by atoms with Crippen LogP contribution in [0.15, 0.2) is 60.8 Å². The number of hydrogen-bond acceptors (Lipinski definition) is 4. The topological polar surface area (TPSA) is 59.3 Å². The second-order valence-electron chi connectivity index (χ2n) is 9.13. The third-order valence-corrected chi connectivity index (χ3v) is 6.93. The number of rotatable bonds is 8. The summed E-state index contributed by atoms with van der Waals surface area (Å²) in [6, 6.07) is 16.9. The third-order valence-electron chi connectivity index (χ3n) is 6.93. The lowest BCUT2D eigenvalue weighted by molar-refractivity contribution is 0.135. The second-order valence-corrected chi connectivity index (χ2v) is 9.13. The summed E-state index contributed by atoms with van der Waals surface area (Å²) in [5.41, 5.74) is 11.3. The fourth-order valence-electron chi connectivity index (χ4n) is 5.14. The summed E-state index contributed by atoms with van der Waals surface area (Å²) >= 11 is 0. The molecule has 0 bridgehead atoms. The van der Waals surface area contributed by atoms with Crippen LogP contribution in [0.2, 0.25) is 0 Å². The normalized spacial score (nSPS) is 27.6. The summed E-state index contributed by atoms with van der Waals surface area (Å²) in [7, 11) is 0. The molecule has 4 rings (SSSR count). The molecular formula is C26H35N3O. The highest BCUT2D eigenvalue weighted by Crippen LogP contribution is 2.43. The number of ether oxygens (including phenoxy) is 1. The lowest BCUT2D eigenvalue weighted by Crippen LogP contribution is -2.47. The molecule has 4 nitrogen and oxygen atoms in total. The van der Waals surface area contributed by atoms with Gasteiger partial charge in [-0.25, -0.2) is 0 Å². The standard InChI is InChI=1S/C26H35N3O/c1-4-26(27)17-28-16-21(26)13-12-20-14-19-8-5-6-11-24(19)25(20)30-23-10-7-9-22(15-23)29-18(2)3/h5-11,15,20-21,25,28-29H,2,4,12-14,16-17,27H2,1,3H3/t20-,21?,25?,26?/m1/s1. The predicted molar refractivity (Wildman–Crippen MR) is 125 cm³/mol. The Labute approximate surface area is 180 Å². The van der Waals surface area contributed by atoms with E-state index in [1.165, 1.54) is 11.1 Å². The first-order chi connectivity index (χ1) is 14.5. The molecule has 0 amide bonds. The molecule has 4 atom stereocenters. The summed E-state index contributed by atoms with van der Waals surface area (Å²) in [5.74, 6) is 1.91. The molecule has 4 N–H and O–H groups in total. The van der Waals surface area contributed by atoms with Gasteiger partial charge in [0.15, 0.2) is 0 Å². The maximum atomic E-state index is 6.68. The maximum Gasteiger partial charge on any atom is 0.127 e. The van der Waals surface area contributed by atoms with Crippen molar-refractivity contribution in [2.45, 2.75) is 51.2 Å².